The summed E-state index contributed by atoms with van der Waals surface area (Å²) in [6.45, 7) is -0.0184. The summed E-state index contributed by atoms with van der Waals surface area (Å²) in [5.41, 5.74) is 1.14. The van der Waals surface area contributed by atoms with E-state index in [0.29, 0.717) is 5.82 Å². The Morgan fingerprint density at radius 3 is 2.55 bits per heavy atom. The van der Waals surface area contributed by atoms with Crippen molar-refractivity contribution in [1.29, 1.82) is 0 Å². The molecule has 1 amide bonds. The van der Waals surface area contributed by atoms with E-state index in [1.165, 1.54) is 16.5 Å². The van der Waals surface area contributed by atoms with E-state index in [9.17, 15) is 14.0 Å². The third-order valence-corrected chi connectivity index (χ3v) is 4.20. The monoisotopic (exact) mass is 392 g/mol. The fourth-order valence-electron chi connectivity index (χ4n) is 2.74. The molecule has 0 aliphatic rings. The number of benzene rings is 2. The van der Waals surface area contributed by atoms with Crippen molar-refractivity contribution in [3.05, 3.63) is 88.7 Å². The molecule has 0 unspecified atom stereocenters. The summed E-state index contributed by atoms with van der Waals surface area (Å²) in [7, 11) is 0. The molecule has 2 aromatic carbocycles. The first-order valence-corrected chi connectivity index (χ1v) is 8.88. The van der Waals surface area contributed by atoms with Crippen LogP contribution in [-0.2, 0) is 17.9 Å². The Hall–Kier alpha value is -4.01. The Morgan fingerprint density at radius 1 is 1.03 bits per heavy atom. The van der Waals surface area contributed by atoms with Crippen molar-refractivity contribution < 1.29 is 9.18 Å². The molecule has 0 bridgehead atoms. The molecule has 146 valence electrons. The number of rotatable bonds is 6. The number of amides is 1. The fourth-order valence-corrected chi connectivity index (χ4v) is 2.74. The lowest BCUT2D eigenvalue weighted by Crippen LogP contribution is -2.32. The Balaban J connectivity index is 1.45. The molecule has 2 aromatic heterocycles. The Bertz CT molecular complexity index is 1200. The lowest BCUT2D eigenvalue weighted by atomic mass is 10.2. The molecule has 0 radical (unpaired) electrons. The highest BCUT2D eigenvalue weighted by Gasteiger charge is 2.12. The van der Waals surface area contributed by atoms with Gasteiger partial charge in [-0.05, 0) is 35.9 Å². The number of hydrogen-bond donors (Lipinski definition) is 2. The SMILES string of the molecule is O=C(Cn1nc2nc(Nc3ccccc3)ccn2c1=O)NCc1ccc(F)cc1. The van der Waals surface area contributed by atoms with Gasteiger partial charge in [0.2, 0.25) is 5.91 Å². The number of aromatic nitrogens is 4. The predicted octanol–water partition coefficient (Wildman–Crippen LogP) is 2.09. The van der Waals surface area contributed by atoms with Crippen LogP contribution in [-0.4, -0.2) is 25.1 Å². The van der Waals surface area contributed by atoms with E-state index in [2.05, 4.69) is 20.7 Å². The quantitative estimate of drug-likeness (QED) is 0.524. The van der Waals surface area contributed by atoms with Gasteiger partial charge in [0.15, 0.2) is 0 Å². The van der Waals surface area contributed by atoms with Crippen molar-refractivity contribution in [2.24, 2.45) is 0 Å². The lowest BCUT2D eigenvalue weighted by Gasteiger charge is -2.04. The number of para-hydroxylation sites is 1. The molecule has 0 aliphatic carbocycles. The van der Waals surface area contributed by atoms with Crippen molar-refractivity contribution >= 4 is 23.2 Å². The molecule has 0 saturated heterocycles. The number of halogens is 1. The van der Waals surface area contributed by atoms with Gasteiger partial charge < -0.3 is 10.6 Å². The van der Waals surface area contributed by atoms with Crippen LogP contribution in [0.1, 0.15) is 5.56 Å². The summed E-state index contributed by atoms with van der Waals surface area (Å²) in [5, 5.41) is 9.93. The summed E-state index contributed by atoms with van der Waals surface area (Å²) in [5.74, 6) is -0.0173. The first-order chi connectivity index (χ1) is 14.1. The van der Waals surface area contributed by atoms with Crippen molar-refractivity contribution in [3.8, 4) is 0 Å². The van der Waals surface area contributed by atoms with Crippen LogP contribution in [0.4, 0.5) is 15.9 Å². The van der Waals surface area contributed by atoms with Gasteiger partial charge in [-0.1, -0.05) is 30.3 Å². The van der Waals surface area contributed by atoms with Crippen LogP contribution in [0.2, 0.25) is 0 Å². The second-order valence-corrected chi connectivity index (χ2v) is 6.32. The van der Waals surface area contributed by atoms with Crippen LogP contribution < -0.4 is 16.3 Å². The minimum Gasteiger partial charge on any atom is -0.350 e. The minimum atomic E-state index is -0.462. The average Bonchev–Trinajstić information content (AvgIpc) is 3.03. The third kappa shape index (κ3) is 4.29. The van der Waals surface area contributed by atoms with E-state index in [0.717, 1.165) is 15.9 Å². The highest BCUT2D eigenvalue weighted by molar-refractivity contribution is 5.75. The Labute approximate surface area is 164 Å². The van der Waals surface area contributed by atoms with E-state index in [4.69, 9.17) is 0 Å². The second kappa shape index (κ2) is 7.93. The number of carbonyl (C=O) groups excluding carboxylic acids is 1. The van der Waals surface area contributed by atoms with Crippen LogP contribution in [0.5, 0.6) is 0 Å². The van der Waals surface area contributed by atoms with Gasteiger partial charge in [0.05, 0.1) is 0 Å². The van der Waals surface area contributed by atoms with Crippen molar-refractivity contribution in [2.45, 2.75) is 13.1 Å². The smallest absolute Gasteiger partial charge is 0.350 e. The summed E-state index contributed by atoms with van der Waals surface area (Å²) in [4.78, 5) is 28.9. The summed E-state index contributed by atoms with van der Waals surface area (Å²) < 4.78 is 15.2. The minimum absolute atomic E-state index is 0.183. The first kappa shape index (κ1) is 18.4. The Kier molecular flexibility index (Phi) is 5.02. The van der Waals surface area contributed by atoms with E-state index in [1.807, 2.05) is 30.3 Å². The molecule has 29 heavy (non-hydrogen) atoms. The van der Waals surface area contributed by atoms with Crippen LogP contribution in [0.25, 0.3) is 5.78 Å². The molecule has 4 rings (SSSR count). The summed E-state index contributed by atoms with van der Waals surface area (Å²) in [6, 6.07) is 16.9. The number of hydrogen-bond acceptors (Lipinski definition) is 5. The molecule has 0 fully saturated rings. The largest absolute Gasteiger partial charge is 0.352 e. The maximum absolute atomic E-state index is 12.9. The third-order valence-electron chi connectivity index (χ3n) is 4.20. The standard InChI is InChI=1S/C20H17FN6O2/c21-15-8-6-14(7-9-15)12-22-18(28)13-27-20(29)26-11-10-17(24-19(26)25-27)23-16-4-2-1-3-5-16/h1-11H,12-13H2,(H,22,28)(H,23,24,25). The molecule has 0 aliphatic heterocycles. The van der Waals surface area contributed by atoms with Gasteiger partial charge in [-0.15, -0.1) is 5.10 Å². The first-order valence-electron chi connectivity index (χ1n) is 8.88. The normalized spacial score (nSPS) is 10.8. The molecular formula is C20H17FN6O2. The number of fused-ring (bicyclic) bond motifs is 1. The van der Waals surface area contributed by atoms with Crippen LogP contribution >= 0.6 is 0 Å². The molecule has 0 saturated carbocycles. The van der Waals surface area contributed by atoms with Crippen molar-refractivity contribution in [2.75, 3.05) is 5.32 Å². The maximum Gasteiger partial charge on any atom is 0.352 e. The van der Waals surface area contributed by atoms with Crippen molar-refractivity contribution in [1.82, 2.24) is 24.5 Å². The Morgan fingerprint density at radius 2 is 1.79 bits per heavy atom. The van der Waals surface area contributed by atoms with E-state index >= 15 is 0 Å². The lowest BCUT2D eigenvalue weighted by molar-refractivity contribution is -0.122. The average molecular weight is 392 g/mol. The van der Waals surface area contributed by atoms with Crippen LogP contribution in [0.15, 0.2) is 71.7 Å². The summed E-state index contributed by atoms with van der Waals surface area (Å²) >= 11 is 0. The number of carbonyl (C=O) groups is 1. The predicted molar refractivity (Wildman–Crippen MR) is 105 cm³/mol. The zero-order chi connectivity index (χ0) is 20.2. The molecule has 8 nitrogen and oxygen atoms in total. The zero-order valence-corrected chi connectivity index (χ0v) is 15.2. The van der Waals surface area contributed by atoms with Gasteiger partial charge in [-0.3, -0.25) is 4.79 Å². The zero-order valence-electron chi connectivity index (χ0n) is 15.2. The van der Waals surface area contributed by atoms with Gasteiger partial charge in [0, 0.05) is 18.4 Å². The number of nitrogens with zero attached hydrogens (tertiary/aromatic N) is 4. The van der Waals surface area contributed by atoms with Crippen LogP contribution in [0, 0.1) is 5.82 Å². The topological polar surface area (TPSA) is 93.3 Å². The molecule has 2 N–H and O–H groups in total. The van der Waals surface area contributed by atoms with E-state index in [1.54, 1.807) is 24.4 Å². The van der Waals surface area contributed by atoms with Gasteiger partial charge in [-0.25, -0.2) is 18.3 Å². The van der Waals surface area contributed by atoms with E-state index < -0.39 is 5.69 Å². The van der Waals surface area contributed by atoms with Crippen molar-refractivity contribution in [3.63, 3.8) is 0 Å². The highest BCUT2D eigenvalue weighted by atomic mass is 19.1. The summed E-state index contributed by atoms with van der Waals surface area (Å²) in [6.07, 6.45) is 1.55. The molecule has 9 heteroatoms. The van der Waals surface area contributed by atoms with Gasteiger partial charge in [-0.2, -0.15) is 4.98 Å². The second-order valence-electron chi connectivity index (χ2n) is 6.32. The number of anilines is 2. The molecular weight excluding hydrogens is 375 g/mol. The molecule has 0 atom stereocenters. The maximum atomic E-state index is 12.9. The van der Waals surface area contributed by atoms with Gasteiger partial charge >= 0.3 is 5.69 Å². The fraction of sp³-hybridized carbons (Fsp3) is 0.100. The molecule has 2 heterocycles. The van der Waals surface area contributed by atoms with Gasteiger partial charge in [0.1, 0.15) is 18.2 Å². The molecule has 0 spiro atoms. The van der Waals surface area contributed by atoms with Crippen LogP contribution in [0.3, 0.4) is 0 Å². The van der Waals surface area contributed by atoms with E-state index in [-0.39, 0.29) is 30.6 Å². The molecule has 4 aromatic rings. The number of nitrogens with one attached hydrogen (secondary N) is 2. The van der Waals surface area contributed by atoms with Gasteiger partial charge in [0.25, 0.3) is 5.78 Å². The highest BCUT2D eigenvalue weighted by Crippen LogP contribution is 2.13.